The van der Waals surface area contributed by atoms with Gasteiger partial charge in [-0.1, -0.05) is 0 Å². The van der Waals surface area contributed by atoms with Crippen LogP contribution in [0, 0.1) is 5.82 Å². The average molecular weight is 392 g/mol. The molecule has 28 heavy (non-hydrogen) atoms. The van der Waals surface area contributed by atoms with Gasteiger partial charge in [0.05, 0.1) is 23.6 Å². The molecule has 2 heterocycles. The number of amides is 1. The number of piperidine rings is 1. The highest BCUT2D eigenvalue weighted by atomic mass is 19.1. The van der Waals surface area contributed by atoms with Gasteiger partial charge in [-0.05, 0) is 45.4 Å². The summed E-state index contributed by atoms with van der Waals surface area (Å²) >= 11 is 0. The summed E-state index contributed by atoms with van der Waals surface area (Å²) in [6.07, 6.45) is -0.692. The van der Waals surface area contributed by atoms with Gasteiger partial charge >= 0.3 is 12.1 Å². The van der Waals surface area contributed by atoms with E-state index < -0.39 is 29.6 Å². The highest BCUT2D eigenvalue weighted by molar-refractivity contribution is 5.78. The largest absolute Gasteiger partial charge is 0.458 e. The van der Waals surface area contributed by atoms with Crippen LogP contribution in [0.1, 0.15) is 40.2 Å². The molecule has 0 aliphatic carbocycles. The number of nitrogens with zero attached hydrogens (tertiary/aromatic N) is 3. The zero-order valence-corrected chi connectivity index (χ0v) is 16.4. The predicted octanol–water partition coefficient (Wildman–Crippen LogP) is 2.87. The second kappa shape index (κ2) is 7.29. The molecule has 1 aliphatic heterocycles. The molecular formula is C19H25FN4O4. The number of imidazole rings is 1. The van der Waals surface area contributed by atoms with Gasteiger partial charge in [0.15, 0.2) is 0 Å². The molecule has 0 saturated carbocycles. The van der Waals surface area contributed by atoms with Crippen molar-refractivity contribution in [2.75, 3.05) is 18.8 Å². The van der Waals surface area contributed by atoms with Gasteiger partial charge in [-0.2, -0.15) is 0 Å². The van der Waals surface area contributed by atoms with Crippen molar-refractivity contribution in [3.8, 4) is 0 Å². The Morgan fingerprint density at radius 2 is 2.04 bits per heavy atom. The highest BCUT2D eigenvalue weighted by Crippen LogP contribution is 2.32. The number of likely N-dealkylation sites (tertiary alicyclic amines) is 1. The van der Waals surface area contributed by atoms with E-state index in [0.717, 1.165) is 0 Å². The van der Waals surface area contributed by atoms with Crippen molar-refractivity contribution >= 4 is 29.0 Å². The Labute approximate surface area is 162 Å². The van der Waals surface area contributed by atoms with Gasteiger partial charge in [0.2, 0.25) is 5.95 Å². The van der Waals surface area contributed by atoms with Crippen molar-refractivity contribution in [2.45, 2.75) is 51.9 Å². The number of esters is 1. The Morgan fingerprint density at radius 3 is 2.68 bits per heavy atom. The van der Waals surface area contributed by atoms with Crippen LogP contribution < -0.4 is 5.73 Å². The molecule has 1 aliphatic rings. The van der Waals surface area contributed by atoms with Crippen LogP contribution in [0.3, 0.4) is 0 Å². The van der Waals surface area contributed by atoms with Crippen LogP contribution in [0.25, 0.3) is 11.0 Å². The van der Waals surface area contributed by atoms with Crippen LogP contribution in [-0.4, -0.2) is 51.3 Å². The van der Waals surface area contributed by atoms with E-state index in [1.165, 1.54) is 24.0 Å². The number of anilines is 1. The van der Waals surface area contributed by atoms with Crippen LogP contribution in [0.5, 0.6) is 0 Å². The fraction of sp³-hybridized carbons (Fsp3) is 0.526. The first-order chi connectivity index (χ1) is 13.0. The summed E-state index contributed by atoms with van der Waals surface area (Å²) in [5, 5.41) is 0. The SMILES string of the molecule is CC(=O)O[C@H]1CN(C(=O)OC(C)(C)C)CCC1n1c(N)nc2ccc(F)cc21. The van der Waals surface area contributed by atoms with Crippen LogP contribution in [0.15, 0.2) is 18.2 Å². The summed E-state index contributed by atoms with van der Waals surface area (Å²) in [4.78, 5) is 29.9. The molecule has 1 aromatic carbocycles. The zero-order chi connectivity index (χ0) is 20.6. The van der Waals surface area contributed by atoms with Crippen LogP contribution in [0.2, 0.25) is 0 Å². The zero-order valence-electron chi connectivity index (χ0n) is 16.4. The number of nitrogen functional groups attached to an aromatic ring is 1. The van der Waals surface area contributed by atoms with Gasteiger partial charge in [-0.3, -0.25) is 4.79 Å². The number of ether oxygens (including phenoxy) is 2. The first kappa shape index (κ1) is 19.9. The summed E-state index contributed by atoms with van der Waals surface area (Å²) in [6.45, 7) is 7.19. The number of hydrogen-bond acceptors (Lipinski definition) is 6. The number of rotatable bonds is 2. The summed E-state index contributed by atoms with van der Waals surface area (Å²) in [5.74, 6) is -0.687. The molecule has 0 radical (unpaired) electrons. The normalized spacial score (nSPS) is 20.2. The number of carbonyl (C=O) groups excluding carboxylic acids is 2. The number of nitrogens with two attached hydrogens (primary N) is 1. The Kier molecular flexibility index (Phi) is 5.18. The summed E-state index contributed by atoms with van der Waals surface area (Å²) in [7, 11) is 0. The molecule has 0 bridgehead atoms. The van der Waals surface area contributed by atoms with Gasteiger partial charge in [0, 0.05) is 13.5 Å². The molecule has 1 saturated heterocycles. The second-order valence-corrected chi connectivity index (χ2v) is 7.90. The molecule has 152 valence electrons. The van der Waals surface area contributed by atoms with Crippen molar-refractivity contribution < 1.29 is 23.5 Å². The van der Waals surface area contributed by atoms with Crippen molar-refractivity contribution in [2.24, 2.45) is 0 Å². The van der Waals surface area contributed by atoms with E-state index in [1.807, 2.05) is 0 Å². The highest BCUT2D eigenvalue weighted by Gasteiger charge is 2.37. The third-order valence-electron chi connectivity index (χ3n) is 4.50. The van der Waals surface area contributed by atoms with Crippen LogP contribution >= 0.6 is 0 Å². The van der Waals surface area contributed by atoms with E-state index in [1.54, 1.807) is 31.4 Å². The number of benzene rings is 1. The third-order valence-corrected chi connectivity index (χ3v) is 4.50. The maximum Gasteiger partial charge on any atom is 0.410 e. The summed E-state index contributed by atoms with van der Waals surface area (Å²) < 4.78 is 26.4. The molecule has 2 aromatic rings. The van der Waals surface area contributed by atoms with Gasteiger partial charge in [-0.25, -0.2) is 14.2 Å². The van der Waals surface area contributed by atoms with Crippen molar-refractivity contribution in [3.05, 3.63) is 24.0 Å². The Hall–Kier alpha value is -2.84. The first-order valence-electron chi connectivity index (χ1n) is 9.13. The molecule has 1 fully saturated rings. The quantitative estimate of drug-likeness (QED) is 0.789. The van der Waals surface area contributed by atoms with Crippen molar-refractivity contribution in [1.29, 1.82) is 0 Å². The van der Waals surface area contributed by atoms with E-state index in [-0.39, 0.29) is 18.5 Å². The van der Waals surface area contributed by atoms with Crippen molar-refractivity contribution in [1.82, 2.24) is 14.5 Å². The number of aromatic nitrogens is 2. The summed E-state index contributed by atoms with van der Waals surface area (Å²) in [5.41, 5.74) is 6.53. The maximum atomic E-state index is 13.8. The Morgan fingerprint density at radius 1 is 1.32 bits per heavy atom. The van der Waals surface area contributed by atoms with Gasteiger partial charge in [-0.15, -0.1) is 0 Å². The number of carbonyl (C=O) groups is 2. The number of halogens is 1. The van der Waals surface area contributed by atoms with Gasteiger partial charge in [0.1, 0.15) is 17.5 Å². The lowest BCUT2D eigenvalue weighted by Crippen LogP contribution is -2.50. The average Bonchev–Trinajstić information content (AvgIpc) is 2.88. The van der Waals surface area contributed by atoms with E-state index in [4.69, 9.17) is 15.2 Å². The lowest BCUT2D eigenvalue weighted by atomic mass is 10.0. The first-order valence-corrected chi connectivity index (χ1v) is 9.13. The Balaban J connectivity index is 1.92. The molecule has 1 aromatic heterocycles. The molecule has 0 spiro atoms. The lowest BCUT2D eigenvalue weighted by molar-refractivity contribution is -0.151. The summed E-state index contributed by atoms with van der Waals surface area (Å²) in [6, 6.07) is 3.83. The topological polar surface area (TPSA) is 99.7 Å². The minimum Gasteiger partial charge on any atom is -0.458 e. The molecule has 2 N–H and O–H groups in total. The van der Waals surface area contributed by atoms with Gasteiger partial charge in [0.25, 0.3) is 0 Å². The van der Waals surface area contributed by atoms with Crippen LogP contribution in [0.4, 0.5) is 15.1 Å². The lowest BCUT2D eigenvalue weighted by Gasteiger charge is -2.39. The fourth-order valence-corrected chi connectivity index (χ4v) is 3.45. The molecule has 9 heteroatoms. The fourth-order valence-electron chi connectivity index (χ4n) is 3.45. The molecule has 8 nitrogen and oxygen atoms in total. The molecular weight excluding hydrogens is 367 g/mol. The van der Waals surface area contributed by atoms with Crippen LogP contribution in [-0.2, 0) is 14.3 Å². The van der Waals surface area contributed by atoms with Crippen molar-refractivity contribution in [3.63, 3.8) is 0 Å². The second-order valence-electron chi connectivity index (χ2n) is 7.90. The molecule has 3 rings (SSSR count). The number of hydrogen-bond donors (Lipinski definition) is 1. The monoisotopic (exact) mass is 392 g/mol. The standard InChI is InChI=1S/C19H25FN4O4/c1-11(25)27-16-10-23(18(26)28-19(2,3)4)8-7-14(16)24-15-9-12(20)5-6-13(15)22-17(24)21/h5-6,9,14,16H,7-8,10H2,1-4H3,(H2,21,22)/t14?,16-/m0/s1. The molecule has 2 atom stereocenters. The Bertz CT molecular complexity index is 905. The van der Waals surface area contributed by atoms with Gasteiger partial charge < -0.3 is 24.7 Å². The van der Waals surface area contributed by atoms with E-state index in [0.29, 0.717) is 24.0 Å². The minimum atomic E-state index is -0.665. The van der Waals surface area contributed by atoms with E-state index in [2.05, 4.69) is 4.98 Å². The third kappa shape index (κ3) is 4.18. The predicted molar refractivity (Wildman–Crippen MR) is 101 cm³/mol. The minimum absolute atomic E-state index is 0.146. The maximum absolute atomic E-state index is 13.8. The number of fused-ring (bicyclic) bond motifs is 1. The smallest absolute Gasteiger partial charge is 0.410 e. The molecule has 1 unspecified atom stereocenters. The molecule has 1 amide bonds. The van der Waals surface area contributed by atoms with E-state index in [9.17, 15) is 14.0 Å². The van der Waals surface area contributed by atoms with E-state index >= 15 is 0 Å².